The number of carbonyl (C=O) groups excluding carboxylic acids is 1. The molecule has 1 aliphatic rings. The van der Waals surface area contributed by atoms with Crippen LogP contribution in [0.4, 0.5) is 0 Å². The van der Waals surface area contributed by atoms with E-state index in [1.165, 1.54) is 4.88 Å². The summed E-state index contributed by atoms with van der Waals surface area (Å²) in [7, 11) is 0. The topological polar surface area (TPSA) is 92.4 Å². The lowest BCUT2D eigenvalue weighted by atomic mass is 9.99. The Balaban J connectivity index is 1.87. The zero-order valence-electron chi connectivity index (χ0n) is 17.8. The number of hydrogen-bond donors (Lipinski definition) is 2. The highest BCUT2D eigenvalue weighted by Crippen LogP contribution is 2.39. The SMILES string of the molecule is Cc1sc2c(c1C)C(c1ccc(Cl)cc1)=N[C@@H](CC(=O)NC[C@H](C)O)c1nnc(C)n1-2. The van der Waals surface area contributed by atoms with Crippen LogP contribution in [0.2, 0.25) is 5.02 Å². The molecule has 3 aromatic rings. The number of rotatable bonds is 5. The van der Waals surface area contributed by atoms with Crippen molar-refractivity contribution in [2.24, 2.45) is 4.99 Å². The highest BCUT2D eigenvalue weighted by molar-refractivity contribution is 7.15. The molecule has 162 valence electrons. The molecule has 0 radical (unpaired) electrons. The van der Waals surface area contributed by atoms with Crippen molar-refractivity contribution in [1.82, 2.24) is 20.1 Å². The number of aliphatic hydroxyl groups excluding tert-OH is 1. The summed E-state index contributed by atoms with van der Waals surface area (Å²) in [4.78, 5) is 18.8. The van der Waals surface area contributed by atoms with Gasteiger partial charge >= 0.3 is 0 Å². The zero-order valence-corrected chi connectivity index (χ0v) is 19.4. The summed E-state index contributed by atoms with van der Waals surface area (Å²) >= 11 is 7.79. The molecular formula is C22H24ClN5O2S. The first-order valence-corrected chi connectivity index (χ1v) is 11.3. The van der Waals surface area contributed by atoms with Crippen molar-refractivity contribution in [1.29, 1.82) is 0 Å². The van der Waals surface area contributed by atoms with Crippen LogP contribution in [-0.4, -0.2) is 44.1 Å². The second-order valence-corrected chi connectivity index (χ2v) is 9.40. The lowest BCUT2D eigenvalue weighted by Gasteiger charge is -2.13. The Bertz CT molecular complexity index is 1160. The molecule has 2 atom stereocenters. The number of nitrogens with one attached hydrogen (secondary N) is 1. The predicted octanol–water partition coefficient (Wildman–Crippen LogP) is 3.69. The number of thiophene rings is 1. The van der Waals surface area contributed by atoms with Gasteiger partial charge in [-0.15, -0.1) is 21.5 Å². The van der Waals surface area contributed by atoms with Crippen LogP contribution in [0.5, 0.6) is 0 Å². The van der Waals surface area contributed by atoms with Crippen molar-refractivity contribution in [3.8, 4) is 5.00 Å². The summed E-state index contributed by atoms with van der Waals surface area (Å²) in [5, 5.41) is 22.6. The van der Waals surface area contributed by atoms with Crippen LogP contribution < -0.4 is 5.32 Å². The fourth-order valence-corrected chi connectivity index (χ4v) is 4.98. The number of fused-ring (bicyclic) bond motifs is 3. The van der Waals surface area contributed by atoms with Gasteiger partial charge in [-0.2, -0.15) is 0 Å². The van der Waals surface area contributed by atoms with Crippen LogP contribution in [0.1, 0.15) is 52.6 Å². The predicted molar refractivity (Wildman–Crippen MR) is 123 cm³/mol. The van der Waals surface area contributed by atoms with Crippen molar-refractivity contribution in [2.45, 2.75) is 46.3 Å². The van der Waals surface area contributed by atoms with Crippen LogP contribution in [-0.2, 0) is 4.79 Å². The fraction of sp³-hybridized carbons (Fsp3) is 0.364. The Morgan fingerprint density at radius 2 is 1.97 bits per heavy atom. The van der Waals surface area contributed by atoms with Crippen molar-refractivity contribution < 1.29 is 9.90 Å². The van der Waals surface area contributed by atoms with Gasteiger partial charge in [-0.25, -0.2) is 0 Å². The van der Waals surface area contributed by atoms with Crippen LogP contribution in [0.15, 0.2) is 29.3 Å². The number of aliphatic hydroxyl groups is 1. The molecule has 2 aromatic heterocycles. The molecule has 0 bridgehead atoms. The molecule has 0 fully saturated rings. The van der Waals surface area contributed by atoms with E-state index in [2.05, 4.69) is 29.4 Å². The number of carbonyl (C=O) groups is 1. The van der Waals surface area contributed by atoms with E-state index in [-0.39, 0.29) is 18.9 Å². The number of aryl methyl sites for hydroxylation is 2. The number of benzene rings is 1. The first kappa shape index (κ1) is 21.7. The quantitative estimate of drug-likeness (QED) is 0.611. The van der Waals surface area contributed by atoms with E-state index < -0.39 is 12.1 Å². The number of aliphatic imine (C=N–C) groups is 1. The lowest BCUT2D eigenvalue weighted by Crippen LogP contribution is -2.31. The van der Waals surface area contributed by atoms with Gasteiger partial charge in [0.1, 0.15) is 16.9 Å². The molecule has 0 spiro atoms. The van der Waals surface area contributed by atoms with Crippen molar-refractivity contribution in [2.75, 3.05) is 6.54 Å². The van der Waals surface area contributed by atoms with E-state index in [0.717, 1.165) is 33.2 Å². The highest BCUT2D eigenvalue weighted by Gasteiger charge is 2.32. The summed E-state index contributed by atoms with van der Waals surface area (Å²) in [5.41, 5.74) is 3.91. The van der Waals surface area contributed by atoms with Crippen LogP contribution >= 0.6 is 22.9 Å². The van der Waals surface area contributed by atoms with Gasteiger partial charge in [0.25, 0.3) is 0 Å². The smallest absolute Gasteiger partial charge is 0.222 e. The highest BCUT2D eigenvalue weighted by atomic mass is 35.5. The minimum Gasteiger partial charge on any atom is -0.392 e. The van der Waals surface area contributed by atoms with Gasteiger partial charge in [-0.3, -0.25) is 14.4 Å². The average Bonchev–Trinajstić information content (AvgIpc) is 3.19. The number of nitrogens with zero attached hydrogens (tertiary/aromatic N) is 4. The number of amides is 1. The molecule has 0 saturated carbocycles. The maximum absolute atomic E-state index is 12.6. The molecule has 3 heterocycles. The maximum Gasteiger partial charge on any atom is 0.222 e. The average molecular weight is 458 g/mol. The molecule has 1 aromatic carbocycles. The van der Waals surface area contributed by atoms with E-state index in [4.69, 9.17) is 16.6 Å². The Hall–Kier alpha value is -2.55. The first-order chi connectivity index (χ1) is 14.8. The molecule has 1 amide bonds. The lowest BCUT2D eigenvalue weighted by molar-refractivity contribution is -0.121. The third-order valence-corrected chi connectivity index (χ3v) is 6.77. The minimum atomic E-state index is -0.616. The molecule has 9 heteroatoms. The van der Waals surface area contributed by atoms with Gasteiger partial charge in [-0.1, -0.05) is 23.7 Å². The molecule has 2 N–H and O–H groups in total. The Kier molecular flexibility index (Phi) is 5.96. The molecule has 4 rings (SSSR count). The summed E-state index contributed by atoms with van der Waals surface area (Å²) in [6.45, 7) is 7.91. The minimum absolute atomic E-state index is 0.106. The van der Waals surface area contributed by atoms with Gasteiger partial charge in [0.2, 0.25) is 5.91 Å². The molecule has 1 aliphatic heterocycles. The Morgan fingerprint density at radius 3 is 2.65 bits per heavy atom. The fourth-order valence-electron chi connectivity index (χ4n) is 3.64. The van der Waals surface area contributed by atoms with Gasteiger partial charge in [0.05, 0.1) is 18.2 Å². The van der Waals surface area contributed by atoms with E-state index in [9.17, 15) is 9.90 Å². The standard InChI is InChI=1S/C22H24ClN5O2S/c1-11(29)10-24-18(30)9-17-21-27-26-14(4)28(21)22-19(12(2)13(3)31-22)20(25-17)15-5-7-16(23)8-6-15/h5-8,11,17,29H,9-10H2,1-4H3,(H,24,30)/t11-,17-/m0/s1. The second kappa shape index (κ2) is 8.53. The number of aromatic nitrogens is 3. The molecule has 0 unspecified atom stereocenters. The normalized spacial score (nSPS) is 16.2. The number of halogens is 1. The Morgan fingerprint density at radius 1 is 1.26 bits per heavy atom. The molecule has 7 nitrogen and oxygen atoms in total. The molecule has 31 heavy (non-hydrogen) atoms. The molecular weight excluding hydrogens is 434 g/mol. The third kappa shape index (κ3) is 4.15. The summed E-state index contributed by atoms with van der Waals surface area (Å²) in [6.07, 6.45) is -0.510. The summed E-state index contributed by atoms with van der Waals surface area (Å²) < 4.78 is 2.01. The number of hydrogen-bond acceptors (Lipinski definition) is 6. The summed E-state index contributed by atoms with van der Waals surface area (Å²) in [5.74, 6) is 1.19. The monoisotopic (exact) mass is 457 g/mol. The second-order valence-electron chi connectivity index (χ2n) is 7.76. The molecule has 0 aliphatic carbocycles. The largest absolute Gasteiger partial charge is 0.392 e. The Labute approximate surface area is 189 Å². The first-order valence-electron chi connectivity index (χ1n) is 10.1. The third-order valence-electron chi connectivity index (χ3n) is 5.33. The van der Waals surface area contributed by atoms with Gasteiger partial charge in [0, 0.05) is 27.6 Å². The van der Waals surface area contributed by atoms with Crippen molar-refractivity contribution >= 4 is 34.6 Å². The van der Waals surface area contributed by atoms with Gasteiger partial charge < -0.3 is 10.4 Å². The summed E-state index contributed by atoms with van der Waals surface area (Å²) in [6, 6.07) is 7.06. The van der Waals surface area contributed by atoms with Gasteiger partial charge in [-0.05, 0) is 45.4 Å². The molecule has 0 saturated heterocycles. The van der Waals surface area contributed by atoms with E-state index >= 15 is 0 Å². The van der Waals surface area contributed by atoms with E-state index in [1.807, 2.05) is 35.8 Å². The van der Waals surface area contributed by atoms with Crippen LogP contribution in [0.3, 0.4) is 0 Å². The van der Waals surface area contributed by atoms with Crippen LogP contribution in [0, 0.1) is 20.8 Å². The van der Waals surface area contributed by atoms with E-state index in [1.54, 1.807) is 18.3 Å². The van der Waals surface area contributed by atoms with Crippen molar-refractivity contribution in [3.63, 3.8) is 0 Å². The van der Waals surface area contributed by atoms with Crippen molar-refractivity contribution in [3.05, 3.63) is 62.5 Å². The van der Waals surface area contributed by atoms with E-state index in [0.29, 0.717) is 10.8 Å². The van der Waals surface area contributed by atoms with Crippen LogP contribution in [0.25, 0.3) is 5.00 Å². The maximum atomic E-state index is 12.6. The zero-order chi connectivity index (χ0) is 22.3. The van der Waals surface area contributed by atoms with Gasteiger partial charge in [0.15, 0.2) is 5.82 Å².